The highest BCUT2D eigenvalue weighted by Crippen LogP contribution is 2.12. The molecule has 1 rings (SSSR count). The van der Waals surface area contributed by atoms with Gasteiger partial charge in [0.05, 0.1) is 0 Å². The quantitative estimate of drug-likeness (QED) is 0.569. The van der Waals surface area contributed by atoms with Crippen molar-refractivity contribution < 1.29 is 4.79 Å². The molecule has 1 aromatic rings. The largest absolute Gasteiger partial charge is 0.359 e. The lowest BCUT2D eigenvalue weighted by Gasteiger charge is -2.11. The molecule has 0 atom stereocenters. The first kappa shape index (κ1) is 16.0. The molecule has 0 aliphatic rings. The number of hydrogen-bond donors (Lipinski definition) is 3. The summed E-state index contributed by atoms with van der Waals surface area (Å²) in [6.07, 6.45) is 0.537. The Kier molecular flexibility index (Phi) is 6.56. The van der Waals surface area contributed by atoms with Crippen LogP contribution in [0.15, 0.2) is 29.3 Å². The number of carbonyl (C=O) groups is 1. The summed E-state index contributed by atoms with van der Waals surface area (Å²) in [5.41, 5.74) is 1.91. The number of hydrogen-bond acceptors (Lipinski definition) is 2. The molecule has 0 unspecified atom stereocenters. The van der Waals surface area contributed by atoms with E-state index in [1.165, 1.54) is 0 Å². The average Bonchev–Trinajstić information content (AvgIpc) is 2.39. The van der Waals surface area contributed by atoms with Crippen LogP contribution in [0, 0.1) is 5.92 Å². The van der Waals surface area contributed by atoms with Gasteiger partial charge >= 0.3 is 0 Å². The SMILES string of the molecule is CN=C(NC)NCc1cccc(NC(=O)CC(C)C)c1. The van der Waals surface area contributed by atoms with Crippen molar-refractivity contribution in [1.29, 1.82) is 0 Å². The van der Waals surface area contributed by atoms with E-state index in [1.54, 1.807) is 7.05 Å². The third-order valence-corrected chi connectivity index (χ3v) is 2.72. The molecule has 110 valence electrons. The van der Waals surface area contributed by atoms with Gasteiger partial charge < -0.3 is 16.0 Å². The second-order valence-corrected chi connectivity index (χ2v) is 5.02. The van der Waals surface area contributed by atoms with Gasteiger partial charge in [0.15, 0.2) is 5.96 Å². The maximum absolute atomic E-state index is 11.7. The van der Waals surface area contributed by atoms with Crippen LogP contribution in [0.4, 0.5) is 5.69 Å². The topological polar surface area (TPSA) is 65.5 Å². The van der Waals surface area contributed by atoms with Crippen molar-refractivity contribution in [3.63, 3.8) is 0 Å². The van der Waals surface area contributed by atoms with Crippen molar-refractivity contribution in [1.82, 2.24) is 10.6 Å². The molecule has 0 aliphatic carbocycles. The molecule has 5 nitrogen and oxygen atoms in total. The molecule has 20 heavy (non-hydrogen) atoms. The van der Waals surface area contributed by atoms with Gasteiger partial charge in [0.25, 0.3) is 0 Å². The van der Waals surface area contributed by atoms with Crippen LogP contribution in [-0.2, 0) is 11.3 Å². The number of anilines is 1. The van der Waals surface area contributed by atoms with Gasteiger partial charge in [0.1, 0.15) is 0 Å². The summed E-state index contributed by atoms with van der Waals surface area (Å²) in [4.78, 5) is 15.8. The number of nitrogens with one attached hydrogen (secondary N) is 3. The van der Waals surface area contributed by atoms with Gasteiger partial charge in [-0.2, -0.15) is 0 Å². The standard InChI is InChI=1S/C15H24N4O/c1-11(2)8-14(20)19-13-7-5-6-12(9-13)10-18-15(16-3)17-4/h5-7,9,11H,8,10H2,1-4H3,(H,19,20)(H2,16,17,18). The summed E-state index contributed by atoms with van der Waals surface area (Å²) < 4.78 is 0. The Morgan fingerprint density at radius 1 is 1.35 bits per heavy atom. The molecule has 0 heterocycles. The van der Waals surface area contributed by atoms with E-state index in [1.807, 2.05) is 45.2 Å². The smallest absolute Gasteiger partial charge is 0.224 e. The second kappa shape index (κ2) is 8.19. The van der Waals surface area contributed by atoms with Crippen LogP contribution >= 0.6 is 0 Å². The lowest BCUT2D eigenvalue weighted by atomic mass is 10.1. The zero-order valence-electron chi connectivity index (χ0n) is 12.7. The summed E-state index contributed by atoms with van der Waals surface area (Å²) in [6.45, 7) is 4.72. The van der Waals surface area contributed by atoms with Gasteiger partial charge in [-0.1, -0.05) is 26.0 Å². The first-order valence-corrected chi connectivity index (χ1v) is 6.82. The normalized spacial score (nSPS) is 11.3. The highest BCUT2D eigenvalue weighted by molar-refractivity contribution is 5.90. The number of aliphatic imine (C=N–C) groups is 1. The number of guanidine groups is 1. The summed E-state index contributed by atoms with van der Waals surface area (Å²) in [7, 11) is 3.54. The molecular weight excluding hydrogens is 252 g/mol. The zero-order chi connectivity index (χ0) is 15.0. The highest BCUT2D eigenvalue weighted by atomic mass is 16.1. The zero-order valence-corrected chi connectivity index (χ0v) is 12.7. The first-order chi connectivity index (χ1) is 9.55. The fourth-order valence-electron chi connectivity index (χ4n) is 1.81. The van der Waals surface area contributed by atoms with Gasteiger partial charge in [0.2, 0.25) is 5.91 Å². The number of carbonyl (C=O) groups excluding carboxylic acids is 1. The van der Waals surface area contributed by atoms with E-state index < -0.39 is 0 Å². The van der Waals surface area contributed by atoms with Crippen molar-refractivity contribution >= 4 is 17.6 Å². The molecule has 5 heteroatoms. The van der Waals surface area contributed by atoms with Gasteiger partial charge in [0, 0.05) is 32.7 Å². The van der Waals surface area contributed by atoms with E-state index in [4.69, 9.17) is 0 Å². The fraction of sp³-hybridized carbons (Fsp3) is 0.467. The molecule has 1 aromatic carbocycles. The van der Waals surface area contributed by atoms with Crippen LogP contribution in [0.2, 0.25) is 0 Å². The van der Waals surface area contributed by atoms with Crippen LogP contribution in [-0.4, -0.2) is 26.0 Å². The number of amides is 1. The Bertz CT molecular complexity index is 469. The highest BCUT2D eigenvalue weighted by Gasteiger charge is 2.05. The third-order valence-electron chi connectivity index (χ3n) is 2.72. The number of benzene rings is 1. The maximum atomic E-state index is 11.7. The summed E-state index contributed by atoms with van der Waals surface area (Å²) >= 11 is 0. The van der Waals surface area contributed by atoms with E-state index in [0.717, 1.165) is 17.2 Å². The van der Waals surface area contributed by atoms with Crippen LogP contribution < -0.4 is 16.0 Å². The Labute approximate surface area is 120 Å². The van der Waals surface area contributed by atoms with Crippen molar-refractivity contribution in [2.24, 2.45) is 10.9 Å². The molecule has 3 N–H and O–H groups in total. The first-order valence-electron chi connectivity index (χ1n) is 6.82. The molecule has 0 aliphatic heterocycles. The van der Waals surface area contributed by atoms with E-state index in [-0.39, 0.29) is 5.91 Å². The van der Waals surface area contributed by atoms with Gasteiger partial charge in [-0.05, 0) is 23.6 Å². The van der Waals surface area contributed by atoms with Crippen LogP contribution in [0.3, 0.4) is 0 Å². The summed E-state index contributed by atoms with van der Waals surface area (Å²) in [6, 6.07) is 7.81. The predicted molar refractivity (Wildman–Crippen MR) is 83.8 cm³/mol. The van der Waals surface area contributed by atoms with Crippen LogP contribution in [0.5, 0.6) is 0 Å². The second-order valence-electron chi connectivity index (χ2n) is 5.02. The molecule has 0 radical (unpaired) electrons. The van der Waals surface area contributed by atoms with Gasteiger partial charge in [-0.3, -0.25) is 9.79 Å². The summed E-state index contributed by atoms with van der Waals surface area (Å²) in [5, 5.41) is 9.05. The monoisotopic (exact) mass is 276 g/mol. The minimum atomic E-state index is 0.0520. The van der Waals surface area contributed by atoms with E-state index in [0.29, 0.717) is 18.9 Å². The summed E-state index contributed by atoms with van der Waals surface area (Å²) in [5.74, 6) is 1.15. The van der Waals surface area contributed by atoms with Crippen molar-refractivity contribution in [2.75, 3.05) is 19.4 Å². The fourth-order valence-corrected chi connectivity index (χ4v) is 1.81. The lowest BCUT2D eigenvalue weighted by Crippen LogP contribution is -2.34. The molecular formula is C15H24N4O. The van der Waals surface area contributed by atoms with Gasteiger partial charge in [-0.15, -0.1) is 0 Å². The lowest BCUT2D eigenvalue weighted by molar-refractivity contribution is -0.116. The maximum Gasteiger partial charge on any atom is 0.224 e. The van der Waals surface area contributed by atoms with E-state index >= 15 is 0 Å². The Balaban J connectivity index is 2.59. The molecule has 0 fully saturated rings. The minimum absolute atomic E-state index is 0.0520. The molecule has 0 bridgehead atoms. The molecule has 0 spiro atoms. The van der Waals surface area contributed by atoms with Crippen LogP contribution in [0.25, 0.3) is 0 Å². The molecule has 0 saturated carbocycles. The number of rotatable bonds is 5. The molecule has 0 saturated heterocycles. The third kappa shape index (κ3) is 5.73. The predicted octanol–water partition coefficient (Wildman–Crippen LogP) is 1.97. The molecule has 0 aromatic heterocycles. The Hall–Kier alpha value is -2.04. The van der Waals surface area contributed by atoms with E-state index in [9.17, 15) is 4.79 Å². The van der Waals surface area contributed by atoms with Crippen molar-refractivity contribution in [3.05, 3.63) is 29.8 Å². The minimum Gasteiger partial charge on any atom is -0.359 e. The van der Waals surface area contributed by atoms with Gasteiger partial charge in [-0.25, -0.2) is 0 Å². The van der Waals surface area contributed by atoms with E-state index in [2.05, 4.69) is 20.9 Å². The molecule has 1 amide bonds. The Morgan fingerprint density at radius 2 is 2.10 bits per heavy atom. The van der Waals surface area contributed by atoms with Crippen LogP contribution in [0.1, 0.15) is 25.8 Å². The number of nitrogens with zero attached hydrogens (tertiary/aromatic N) is 1. The Morgan fingerprint density at radius 3 is 2.70 bits per heavy atom. The average molecular weight is 276 g/mol. The van der Waals surface area contributed by atoms with Crippen molar-refractivity contribution in [3.8, 4) is 0 Å². The van der Waals surface area contributed by atoms with Crippen molar-refractivity contribution in [2.45, 2.75) is 26.8 Å².